The first-order valence-electron chi connectivity index (χ1n) is 5.80. The highest BCUT2D eigenvalue weighted by molar-refractivity contribution is 5.98. The SMILES string of the molecule is CNC(=O)c1ccc(C)c(NC(=O)C(C)NC)c1. The van der Waals surface area contributed by atoms with Crippen LogP contribution in [-0.4, -0.2) is 32.0 Å². The van der Waals surface area contributed by atoms with Gasteiger partial charge >= 0.3 is 0 Å². The van der Waals surface area contributed by atoms with Gasteiger partial charge in [0.1, 0.15) is 0 Å². The Morgan fingerprint density at radius 1 is 1.22 bits per heavy atom. The minimum absolute atomic E-state index is 0.130. The summed E-state index contributed by atoms with van der Waals surface area (Å²) in [7, 11) is 3.29. The molecule has 0 aliphatic rings. The van der Waals surface area contributed by atoms with E-state index in [1.807, 2.05) is 13.0 Å². The Bertz CT molecular complexity index is 458. The summed E-state index contributed by atoms with van der Waals surface area (Å²) in [5, 5.41) is 8.21. The zero-order valence-corrected chi connectivity index (χ0v) is 11.1. The molecule has 1 unspecified atom stereocenters. The van der Waals surface area contributed by atoms with Crippen LogP contribution in [-0.2, 0) is 4.79 Å². The smallest absolute Gasteiger partial charge is 0.251 e. The second-order valence-corrected chi connectivity index (χ2v) is 4.11. The first-order chi connectivity index (χ1) is 8.49. The van der Waals surface area contributed by atoms with Gasteiger partial charge in [-0.2, -0.15) is 0 Å². The first kappa shape index (κ1) is 14.2. The third kappa shape index (κ3) is 3.30. The van der Waals surface area contributed by atoms with E-state index >= 15 is 0 Å². The molecule has 1 aromatic rings. The number of benzene rings is 1. The van der Waals surface area contributed by atoms with Crippen molar-refractivity contribution < 1.29 is 9.59 Å². The minimum atomic E-state index is -0.284. The van der Waals surface area contributed by atoms with Crippen molar-refractivity contribution in [3.8, 4) is 0 Å². The van der Waals surface area contributed by atoms with Gasteiger partial charge in [0.2, 0.25) is 5.91 Å². The van der Waals surface area contributed by atoms with E-state index in [9.17, 15) is 9.59 Å². The van der Waals surface area contributed by atoms with E-state index in [1.165, 1.54) is 0 Å². The van der Waals surface area contributed by atoms with E-state index in [-0.39, 0.29) is 17.9 Å². The number of likely N-dealkylation sites (N-methyl/N-ethyl adjacent to an activating group) is 1. The molecule has 0 heterocycles. The largest absolute Gasteiger partial charge is 0.355 e. The summed E-state index contributed by atoms with van der Waals surface area (Å²) in [6.07, 6.45) is 0. The molecule has 0 aliphatic heterocycles. The summed E-state index contributed by atoms with van der Waals surface area (Å²) >= 11 is 0. The molecule has 18 heavy (non-hydrogen) atoms. The third-order valence-corrected chi connectivity index (χ3v) is 2.81. The van der Waals surface area contributed by atoms with Crippen LogP contribution >= 0.6 is 0 Å². The molecular weight excluding hydrogens is 230 g/mol. The Labute approximate surface area is 107 Å². The zero-order valence-electron chi connectivity index (χ0n) is 11.1. The first-order valence-corrected chi connectivity index (χ1v) is 5.80. The quantitative estimate of drug-likeness (QED) is 0.742. The average Bonchev–Trinajstić information content (AvgIpc) is 2.39. The highest BCUT2D eigenvalue weighted by Crippen LogP contribution is 2.17. The van der Waals surface area contributed by atoms with Gasteiger partial charge in [-0.1, -0.05) is 6.07 Å². The van der Waals surface area contributed by atoms with Gasteiger partial charge < -0.3 is 16.0 Å². The molecule has 1 aromatic carbocycles. The van der Waals surface area contributed by atoms with Crippen molar-refractivity contribution in [3.05, 3.63) is 29.3 Å². The van der Waals surface area contributed by atoms with Crippen molar-refractivity contribution in [1.29, 1.82) is 0 Å². The molecule has 0 spiro atoms. The van der Waals surface area contributed by atoms with Crippen LogP contribution in [0.2, 0.25) is 0 Å². The van der Waals surface area contributed by atoms with Gasteiger partial charge in [-0.3, -0.25) is 9.59 Å². The maximum absolute atomic E-state index is 11.8. The molecule has 0 radical (unpaired) electrons. The Balaban J connectivity index is 2.94. The summed E-state index contributed by atoms with van der Waals surface area (Å²) in [5.41, 5.74) is 2.10. The molecule has 0 bridgehead atoms. The van der Waals surface area contributed by atoms with Gasteiger partial charge in [-0.05, 0) is 38.6 Å². The Morgan fingerprint density at radius 3 is 2.44 bits per heavy atom. The van der Waals surface area contributed by atoms with Crippen LogP contribution in [0.3, 0.4) is 0 Å². The molecule has 0 saturated heterocycles. The summed E-state index contributed by atoms with van der Waals surface area (Å²) in [4.78, 5) is 23.3. The fourth-order valence-electron chi connectivity index (χ4n) is 1.41. The number of aryl methyl sites for hydroxylation is 1. The van der Waals surface area contributed by atoms with Gasteiger partial charge in [0.05, 0.1) is 6.04 Å². The lowest BCUT2D eigenvalue weighted by atomic mass is 10.1. The number of hydrogen-bond acceptors (Lipinski definition) is 3. The molecule has 5 heteroatoms. The van der Waals surface area contributed by atoms with Crippen LogP contribution in [0.25, 0.3) is 0 Å². The van der Waals surface area contributed by atoms with Crippen LogP contribution in [0.1, 0.15) is 22.8 Å². The number of nitrogens with one attached hydrogen (secondary N) is 3. The summed E-state index contributed by atoms with van der Waals surface area (Å²) in [6, 6.07) is 4.93. The topological polar surface area (TPSA) is 70.2 Å². The number of amides is 2. The second-order valence-electron chi connectivity index (χ2n) is 4.11. The molecule has 3 N–H and O–H groups in total. The molecule has 0 aliphatic carbocycles. The van der Waals surface area contributed by atoms with Gasteiger partial charge in [-0.15, -0.1) is 0 Å². The fraction of sp³-hybridized carbons (Fsp3) is 0.385. The molecule has 2 amide bonds. The van der Waals surface area contributed by atoms with Gasteiger partial charge in [0, 0.05) is 18.3 Å². The maximum atomic E-state index is 11.8. The summed E-state index contributed by atoms with van der Waals surface area (Å²) in [5.74, 6) is -0.304. The monoisotopic (exact) mass is 249 g/mol. The van der Waals surface area contributed by atoms with Crippen molar-refractivity contribution >= 4 is 17.5 Å². The van der Waals surface area contributed by atoms with Crippen molar-refractivity contribution in [3.63, 3.8) is 0 Å². The maximum Gasteiger partial charge on any atom is 0.251 e. The predicted molar refractivity (Wildman–Crippen MR) is 71.7 cm³/mol. The number of carbonyl (C=O) groups is 2. The highest BCUT2D eigenvalue weighted by atomic mass is 16.2. The van der Waals surface area contributed by atoms with Crippen molar-refractivity contribution in [2.24, 2.45) is 0 Å². The highest BCUT2D eigenvalue weighted by Gasteiger charge is 2.13. The lowest BCUT2D eigenvalue weighted by Gasteiger charge is -2.13. The van der Waals surface area contributed by atoms with Crippen molar-refractivity contribution in [2.45, 2.75) is 19.9 Å². The van der Waals surface area contributed by atoms with Gasteiger partial charge in [0.25, 0.3) is 5.91 Å². The summed E-state index contributed by atoms with van der Waals surface area (Å²) in [6.45, 7) is 3.65. The number of hydrogen-bond donors (Lipinski definition) is 3. The van der Waals surface area contributed by atoms with Gasteiger partial charge in [0.15, 0.2) is 0 Å². The van der Waals surface area contributed by atoms with Crippen molar-refractivity contribution in [2.75, 3.05) is 19.4 Å². The van der Waals surface area contributed by atoms with Gasteiger partial charge in [-0.25, -0.2) is 0 Å². The predicted octanol–water partition coefficient (Wildman–Crippen LogP) is 0.901. The fourth-order valence-corrected chi connectivity index (χ4v) is 1.41. The summed E-state index contributed by atoms with van der Waals surface area (Å²) < 4.78 is 0. The number of anilines is 1. The Kier molecular flexibility index (Phi) is 4.85. The lowest BCUT2D eigenvalue weighted by molar-refractivity contribution is -0.117. The third-order valence-electron chi connectivity index (χ3n) is 2.81. The normalized spacial score (nSPS) is 11.8. The molecule has 0 aromatic heterocycles. The molecule has 1 rings (SSSR count). The van der Waals surface area contributed by atoms with E-state index in [0.717, 1.165) is 5.56 Å². The molecular formula is C13H19N3O2. The molecule has 98 valence electrons. The number of rotatable bonds is 4. The zero-order chi connectivity index (χ0) is 13.7. The van der Waals surface area contributed by atoms with E-state index in [0.29, 0.717) is 11.3 Å². The van der Waals surface area contributed by atoms with Crippen LogP contribution < -0.4 is 16.0 Å². The second kappa shape index (κ2) is 6.16. The molecule has 0 fully saturated rings. The van der Waals surface area contributed by atoms with Crippen LogP contribution in [0.5, 0.6) is 0 Å². The minimum Gasteiger partial charge on any atom is -0.355 e. The average molecular weight is 249 g/mol. The van der Waals surface area contributed by atoms with E-state index in [4.69, 9.17) is 0 Å². The van der Waals surface area contributed by atoms with E-state index in [1.54, 1.807) is 33.2 Å². The van der Waals surface area contributed by atoms with E-state index in [2.05, 4.69) is 16.0 Å². The molecule has 0 saturated carbocycles. The van der Waals surface area contributed by atoms with Crippen molar-refractivity contribution in [1.82, 2.24) is 10.6 Å². The van der Waals surface area contributed by atoms with Crippen LogP contribution in [0, 0.1) is 6.92 Å². The Hall–Kier alpha value is -1.88. The van der Waals surface area contributed by atoms with Crippen LogP contribution in [0.4, 0.5) is 5.69 Å². The standard InChI is InChI=1S/C13H19N3O2/c1-8-5-6-10(13(18)15-4)7-11(8)16-12(17)9(2)14-3/h5-7,9,14H,1-4H3,(H,15,18)(H,16,17). The van der Waals surface area contributed by atoms with Crippen LogP contribution in [0.15, 0.2) is 18.2 Å². The lowest BCUT2D eigenvalue weighted by Crippen LogP contribution is -2.35. The number of carbonyl (C=O) groups excluding carboxylic acids is 2. The molecule has 5 nitrogen and oxygen atoms in total. The molecule has 1 atom stereocenters. The Morgan fingerprint density at radius 2 is 1.89 bits per heavy atom. The van der Waals surface area contributed by atoms with E-state index < -0.39 is 0 Å².